The summed E-state index contributed by atoms with van der Waals surface area (Å²) >= 11 is 1.36. The van der Waals surface area contributed by atoms with Gasteiger partial charge < -0.3 is 5.73 Å². The number of thiazole rings is 1. The molecule has 0 atom stereocenters. The van der Waals surface area contributed by atoms with Gasteiger partial charge in [0.1, 0.15) is 5.69 Å². The van der Waals surface area contributed by atoms with Crippen LogP contribution in [0.2, 0.25) is 0 Å². The van der Waals surface area contributed by atoms with Crippen molar-refractivity contribution in [2.24, 2.45) is 0 Å². The lowest BCUT2D eigenvalue weighted by molar-refractivity contribution is -0.383. The van der Waals surface area contributed by atoms with Gasteiger partial charge in [0.05, 0.1) is 16.2 Å². The summed E-state index contributed by atoms with van der Waals surface area (Å²) in [7, 11) is 0. The minimum atomic E-state index is -0.616. The Morgan fingerprint density at radius 2 is 2.24 bits per heavy atom. The first-order chi connectivity index (χ1) is 9.93. The van der Waals surface area contributed by atoms with Crippen molar-refractivity contribution in [2.75, 3.05) is 11.1 Å². The first-order valence-electron chi connectivity index (χ1n) is 6.24. The van der Waals surface area contributed by atoms with Gasteiger partial charge in [-0.3, -0.25) is 20.2 Å². The molecule has 1 aromatic heterocycles. The van der Waals surface area contributed by atoms with Crippen molar-refractivity contribution in [1.29, 1.82) is 0 Å². The van der Waals surface area contributed by atoms with E-state index in [2.05, 4.69) is 10.3 Å². The molecule has 0 aliphatic heterocycles. The summed E-state index contributed by atoms with van der Waals surface area (Å²) in [6.07, 6.45) is 0.775. The van der Waals surface area contributed by atoms with Crippen molar-refractivity contribution in [3.8, 4) is 0 Å². The topological polar surface area (TPSA) is 111 Å². The van der Waals surface area contributed by atoms with Crippen molar-refractivity contribution in [3.63, 3.8) is 0 Å². The third-order valence-corrected chi connectivity index (χ3v) is 3.90. The number of nitrogens with two attached hydrogens (primary N) is 1. The number of amides is 1. The van der Waals surface area contributed by atoms with Gasteiger partial charge in [0.2, 0.25) is 0 Å². The molecule has 21 heavy (non-hydrogen) atoms. The highest BCUT2D eigenvalue weighted by molar-refractivity contribution is 7.15. The van der Waals surface area contributed by atoms with Gasteiger partial charge in [0, 0.05) is 10.9 Å². The number of carbonyl (C=O) groups is 1. The van der Waals surface area contributed by atoms with E-state index in [0.29, 0.717) is 5.13 Å². The number of para-hydroxylation sites is 1. The van der Waals surface area contributed by atoms with E-state index in [0.717, 1.165) is 17.0 Å². The van der Waals surface area contributed by atoms with Crippen molar-refractivity contribution in [3.05, 3.63) is 44.4 Å². The van der Waals surface area contributed by atoms with Gasteiger partial charge in [-0.25, -0.2) is 4.98 Å². The summed E-state index contributed by atoms with van der Waals surface area (Å²) in [5.41, 5.74) is 6.23. The minimum Gasteiger partial charge on any atom is -0.393 e. The Hall–Kier alpha value is -2.48. The molecule has 8 heteroatoms. The first-order valence-corrected chi connectivity index (χ1v) is 7.06. The van der Waals surface area contributed by atoms with Gasteiger partial charge >= 0.3 is 0 Å². The lowest BCUT2D eigenvalue weighted by Gasteiger charge is -2.05. The number of nitro benzene ring substituents is 1. The normalized spacial score (nSPS) is 10.4. The van der Waals surface area contributed by atoms with E-state index >= 15 is 0 Å². The molecular formula is C13H14N4O3S. The summed E-state index contributed by atoms with van der Waals surface area (Å²) in [5, 5.41) is 13.9. The summed E-state index contributed by atoms with van der Waals surface area (Å²) < 4.78 is 0. The van der Waals surface area contributed by atoms with E-state index < -0.39 is 10.8 Å². The number of rotatable bonds is 4. The van der Waals surface area contributed by atoms with Crippen LogP contribution in [0.4, 0.5) is 16.5 Å². The van der Waals surface area contributed by atoms with Crippen molar-refractivity contribution in [1.82, 2.24) is 4.98 Å². The molecule has 0 aliphatic rings. The molecule has 0 aliphatic carbocycles. The van der Waals surface area contributed by atoms with Crippen LogP contribution in [0.25, 0.3) is 0 Å². The molecule has 3 N–H and O–H groups in total. The Balaban J connectivity index is 2.28. The molecule has 0 bridgehead atoms. The molecule has 110 valence electrons. The number of hydrogen-bond donors (Lipinski definition) is 2. The Kier molecular flexibility index (Phi) is 4.18. The highest BCUT2D eigenvalue weighted by Gasteiger charge is 2.20. The molecule has 0 saturated heterocycles. The van der Waals surface area contributed by atoms with Crippen molar-refractivity contribution >= 4 is 33.8 Å². The standard InChI is InChI=1S/C13H14N4O3S/c1-3-9-7(2)21-13(15-9)16-12(18)8-5-4-6-10(11(8)14)17(19)20/h4-6H,3,14H2,1-2H3,(H,15,16,18). The van der Waals surface area contributed by atoms with E-state index in [1.807, 2.05) is 13.8 Å². The van der Waals surface area contributed by atoms with Gasteiger partial charge in [0.25, 0.3) is 11.6 Å². The molecule has 1 heterocycles. The Morgan fingerprint density at radius 1 is 1.52 bits per heavy atom. The summed E-state index contributed by atoms with van der Waals surface area (Å²) in [4.78, 5) is 27.7. The Morgan fingerprint density at radius 3 is 2.81 bits per heavy atom. The van der Waals surface area contributed by atoms with E-state index in [-0.39, 0.29) is 16.9 Å². The third-order valence-electron chi connectivity index (χ3n) is 2.97. The van der Waals surface area contributed by atoms with Crippen LogP contribution in [0.5, 0.6) is 0 Å². The number of benzene rings is 1. The predicted octanol–water partition coefficient (Wildman–Crippen LogP) is 2.76. The van der Waals surface area contributed by atoms with Crippen LogP contribution in [0, 0.1) is 17.0 Å². The molecule has 0 radical (unpaired) electrons. The number of aryl methyl sites for hydroxylation is 2. The largest absolute Gasteiger partial charge is 0.393 e. The van der Waals surface area contributed by atoms with Crippen molar-refractivity contribution < 1.29 is 9.72 Å². The molecule has 0 fully saturated rings. The van der Waals surface area contributed by atoms with E-state index in [9.17, 15) is 14.9 Å². The minimum absolute atomic E-state index is 0.0649. The number of nitro groups is 1. The van der Waals surface area contributed by atoms with Crippen LogP contribution < -0.4 is 11.1 Å². The Bertz CT molecular complexity index is 711. The quantitative estimate of drug-likeness (QED) is 0.512. The van der Waals surface area contributed by atoms with E-state index in [1.165, 1.54) is 29.5 Å². The van der Waals surface area contributed by atoms with Crippen molar-refractivity contribution in [2.45, 2.75) is 20.3 Å². The number of nitrogens with one attached hydrogen (secondary N) is 1. The zero-order valence-electron chi connectivity index (χ0n) is 11.5. The van der Waals surface area contributed by atoms with Gasteiger partial charge in [-0.15, -0.1) is 11.3 Å². The van der Waals surface area contributed by atoms with Gasteiger partial charge in [-0.2, -0.15) is 0 Å². The first kappa shape index (κ1) is 14.9. The second kappa shape index (κ2) is 5.88. The van der Waals surface area contributed by atoms with Gasteiger partial charge in [0.15, 0.2) is 5.13 Å². The van der Waals surface area contributed by atoms with Crippen LogP contribution in [0.15, 0.2) is 18.2 Å². The molecule has 1 amide bonds. The molecule has 2 aromatic rings. The fourth-order valence-corrected chi connectivity index (χ4v) is 2.78. The zero-order valence-corrected chi connectivity index (χ0v) is 12.4. The molecule has 1 aromatic carbocycles. The van der Waals surface area contributed by atoms with Gasteiger partial charge in [-0.1, -0.05) is 13.0 Å². The lowest BCUT2D eigenvalue weighted by Crippen LogP contribution is -2.14. The van der Waals surface area contributed by atoms with Crippen LogP contribution in [-0.2, 0) is 6.42 Å². The van der Waals surface area contributed by atoms with Crippen LogP contribution in [0.1, 0.15) is 27.9 Å². The highest BCUT2D eigenvalue weighted by atomic mass is 32.1. The van der Waals surface area contributed by atoms with Crippen LogP contribution in [0.3, 0.4) is 0 Å². The number of aromatic nitrogens is 1. The third kappa shape index (κ3) is 3.00. The maximum Gasteiger partial charge on any atom is 0.292 e. The number of nitrogen functional groups attached to an aromatic ring is 1. The second-order valence-corrected chi connectivity index (χ2v) is 5.53. The summed E-state index contributed by atoms with van der Waals surface area (Å²) in [5.74, 6) is -0.507. The Labute approximate surface area is 125 Å². The van der Waals surface area contributed by atoms with Gasteiger partial charge in [-0.05, 0) is 19.4 Å². The lowest BCUT2D eigenvalue weighted by atomic mass is 10.1. The summed E-state index contributed by atoms with van der Waals surface area (Å²) in [6, 6.07) is 4.13. The molecule has 7 nitrogen and oxygen atoms in total. The second-order valence-electron chi connectivity index (χ2n) is 4.33. The maximum atomic E-state index is 12.2. The number of nitrogens with zero attached hydrogens (tertiary/aromatic N) is 2. The average molecular weight is 306 g/mol. The number of hydrogen-bond acceptors (Lipinski definition) is 6. The highest BCUT2D eigenvalue weighted by Crippen LogP contribution is 2.27. The van der Waals surface area contributed by atoms with E-state index in [1.54, 1.807) is 0 Å². The smallest absolute Gasteiger partial charge is 0.292 e. The summed E-state index contributed by atoms with van der Waals surface area (Å²) in [6.45, 7) is 3.90. The SMILES string of the molecule is CCc1nc(NC(=O)c2cccc([N+](=O)[O-])c2N)sc1C. The number of anilines is 2. The molecule has 0 spiro atoms. The average Bonchev–Trinajstić information content (AvgIpc) is 2.78. The predicted molar refractivity (Wildman–Crippen MR) is 81.7 cm³/mol. The number of carbonyl (C=O) groups excluding carboxylic acids is 1. The monoisotopic (exact) mass is 306 g/mol. The molecule has 0 unspecified atom stereocenters. The fraction of sp³-hybridized carbons (Fsp3) is 0.231. The molecule has 0 saturated carbocycles. The van der Waals surface area contributed by atoms with E-state index in [4.69, 9.17) is 5.73 Å². The maximum absolute atomic E-state index is 12.2. The molecule has 2 rings (SSSR count). The van der Waals surface area contributed by atoms with Crippen LogP contribution in [-0.4, -0.2) is 15.8 Å². The van der Waals surface area contributed by atoms with Crippen LogP contribution >= 0.6 is 11.3 Å². The molecular weight excluding hydrogens is 292 g/mol. The fourth-order valence-electron chi connectivity index (χ4n) is 1.88. The zero-order chi connectivity index (χ0) is 15.6.